The van der Waals surface area contributed by atoms with Crippen LogP contribution in [0.3, 0.4) is 0 Å². The molecule has 0 unspecified atom stereocenters. The van der Waals surface area contributed by atoms with E-state index in [1.54, 1.807) is 24.1 Å². The van der Waals surface area contributed by atoms with Gasteiger partial charge in [-0.1, -0.05) is 48.5 Å². The van der Waals surface area contributed by atoms with Gasteiger partial charge in [0.2, 0.25) is 5.91 Å². The number of carbonyl (C=O) groups is 2. The predicted molar refractivity (Wildman–Crippen MR) is 82.6 cm³/mol. The smallest absolute Gasteiger partial charge is 0.237 e. The van der Waals surface area contributed by atoms with Gasteiger partial charge >= 0.3 is 0 Å². The van der Waals surface area contributed by atoms with Gasteiger partial charge in [0.15, 0.2) is 5.78 Å². The number of benzene rings is 2. The fourth-order valence-electron chi connectivity index (χ4n) is 3.05. The van der Waals surface area contributed by atoms with Crippen LogP contribution >= 0.6 is 0 Å². The number of Topliss-reactive ketones (excluding diaryl/α,β-unsaturated/α-hetero) is 1. The standard InChI is InChI=1S/C18H17NO2/c1-18(12-16(20)13-8-4-3-5-9-13)14-10-6-7-11-15(14)19(2)17(18)21/h3-11H,12H2,1-2H3/t18-/m1/s1. The molecule has 0 saturated carbocycles. The third-order valence-corrected chi connectivity index (χ3v) is 4.25. The second-order valence-electron chi connectivity index (χ2n) is 5.68. The van der Waals surface area contributed by atoms with Gasteiger partial charge in [-0.25, -0.2) is 0 Å². The summed E-state index contributed by atoms with van der Waals surface area (Å²) < 4.78 is 0. The molecule has 2 aromatic rings. The van der Waals surface area contributed by atoms with Crippen LogP contribution in [-0.4, -0.2) is 18.7 Å². The van der Waals surface area contributed by atoms with E-state index in [0.29, 0.717) is 5.56 Å². The monoisotopic (exact) mass is 279 g/mol. The summed E-state index contributed by atoms with van der Waals surface area (Å²) >= 11 is 0. The lowest BCUT2D eigenvalue weighted by atomic mass is 9.78. The van der Waals surface area contributed by atoms with E-state index >= 15 is 0 Å². The Bertz CT molecular complexity index is 708. The molecular formula is C18H17NO2. The molecule has 0 radical (unpaired) electrons. The Morgan fingerprint density at radius 2 is 1.67 bits per heavy atom. The van der Waals surface area contributed by atoms with Crippen LogP contribution < -0.4 is 4.90 Å². The van der Waals surface area contributed by atoms with Crippen molar-refractivity contribution in [2.45, 2.75) is 18.8 Å². The second kappa shape index (κ2) is 4.85. The molecule has 0 spiro atoms. The van der Waals surface area contributed by atoms with Crippen LogP contribution in [-0.2, 0) is 10.2 Å². The van der Waals surface area contributed by atoms with Crippen LogP contribution in [0.25, 0.3) is 0 Å². The van der Waals surface area contributed by atoms with Crippen LogP contribution in [0.15, 0.2) is 54.6 Å². The van der Waals surface area contributed by atoms with E-state index in [2.05, 4.69) is 0 Å². The highest BCUT2D eigenvalue weighted by molar-refractivity contribution is 6.11. The van der Waals surface area contributed by atoms with Gasteiger partial charge in [0.1, 0.15) is 0 Å². The maximum atomic E-state index is 12.6. The molecule has 3 nitrogen and oxygen atoms in total. The van der Waals surface area contributed by atoms with Crippen molar-refractivity contribution in [3.63, 3.8) is 0 Å². The molecule has 1 aliphatic rings. The van der Waals surface area contributed by atoms with Crippen LogP contribution in [0.5, 0.6) is 0 Å². The number of anilines is 1. The van der Waals surface area contributed by atoms with Gasteiger partial charge in [0.05, 0.1) is 5.41 Å². The topological polar surface area (TPSA) is 37.4 Å². The SMILES string of the molecule is CN1C(=O)[C@](C)(CC(=O)c2ccccc2)c2ccccc21. The highest BCUT2D eigenvalue weighted by Crippen LogP contribution is 2.43. The zero-order chi connectivity index (χ0) is 15.0. The molecule has 106 valence electrons. The number of ketones is 1. The van der Waals surface area contributed by atoms with Gasteiger partial charge in [-0.3, -0.25) is 9.59 Å². The Balaban J connectivity index is 1.98. The van der Waals surface area contributed by atoms with E-state index in [-0.39, 0.29) is 18.1 Å². The molecule has 1 amide bonds. The zero-order valence-electron chi connectivity index (χ0n) is 12.2. The number of fused-ring (bicyclic) bond motifs is 1. The molecule has 1 aliphatic heterocycles. The lowest BCUT2D eigenvalue weighted by Crippen LogP contribution is -2.37. The number of hydrogen-bond acceptors (Lipinski definition) is 2. The minimum absolute atomic E-state index is 0.00319. The van der Waals surface area contributed by atoms with Crippen molar-refractivity contribution >= 4 is 17.4 Å². The number of rotatable bonds is 3. The largest absolute Gasteiger partial charge is 0.314 e. The lowest BCUT2D eigenvalue weighted by molar-refractivity contribution is -0.122. The fourth-order valence-corrected chi connectivity index (χ4v) is 3.05. The second-order valence-corrected chi connectivity index (χ2v) is 5.68. The fraction of sp³-hybridized carbons (Fsp3) is 0.222. The minimum Gasteiger partial charge on any atom is -0.314 e. The molecule has 0 saturated heterocycles. The predicted octanol–water partition coefficient (Wildman–Crippen LogP) is 3.19. The Kier molecular flexibility index (Phi) is 3.13. The number of carbonyl (C=O) groups excluding carboxylic acids is 2. The summed E-state index contributed by atoms with van der Waals surface area (Å²) in [7, 11) is 1.76. The molecule has 3 heteroatoms. The average molecular weight is 279 g/mol. The molecule has 21 heavy (non-hydrogen) atoms. The minimum atomic E-state index is -0.779. The van der Waals surface area contributed by atoms with Crippen molar-refractivity contribution < 1.29 is 9.59 Å². The van der Waals surface area contributed by atoms with E-state index < -0.39 is 5.41 Å². The van der Waals surface area contributed by atoms with Gasteiger partial charge in [-0.05, 0) is 18.6 Å². The first-order valence-corrected chi connectivity index (χ1v) is 7.00. The van der Waals surface area contributed by atoms with Crippen molar-refractivity contribution in [1.29, 1.82) is 0 Å². The molecule has 1 atom stereocenters. The summed E-state index contributed by atoms with van der Waals surface area (Å²) in [6, 6.07) is 16.8. The van der Waals surface area contributed by atoms with Gasteiger partial charge in [-0.15, -0.1) is 0 Å². The number of nitrogens with zero attached hydrogens (tertiary/aromatic N) is 1. The Morgan fingerprint density at radius 1 is 1.05 bits per heavy atom. The summed E-state index contributed by atoms with van der Waals surface area (Å²) in [5, 5.41) is 0. The molecule has 0 N–H and O–H groups in total. The third kappa shape index (κ3) is 2.05. The van der Waals surface area contributed by atoms with Crippen molar-refractivity contribution in [2.24, 2.45) is 0 Å². The van der Waals surface area contributed by atoms with Crippen molar-refractivity contribution in [3.05, 3.63) is 65.7 Å². The molecule has 3 rings (SSSR count). The van der Waals surface area contributed by atoms with Crippen LogP contribution in [0.1, 0.15) is 29.3 Å². The van der Waals surface area contributed by atoms with Crippen LogP contribution in [0.4, 0.5) is 5.69 Å². The Labute approximate surface area is 124 Å². The maximum absolute atomic E-state index is 12.6. The number of likely N-dealkylation sites (N-methyl/N-ethyl adjacent to an activating group) is 1. The van der Waals surface area contributed by atoms with Crippen LogP contribution in [0.2, 0.25) is 0 Å². The quantitative estimate of drug-likeness (QED) is 0.809. The summed E-state index contributed by atoms with van der Waals surface area (Å²) in [6.45, 7) is 1.86. The van der Waals surface area contributed by atoms with Gasteiger partial charge < -0.3 is 4.90 Å². The molecule has 0 bridgehead atoms. The number of para-hydroxylation sites is 1. The highest BCUT2D eigenvalue weighted by atomic mass is 16.2. The molecule has 1 heterocycles. The summed E-state index contributed by atoms with van der Waals surface area (Å²) in [6.07, 6.45) is 0.192. The zero-order valence-corrected chi connectivity index (χ0v) is 12.2. The first-order valence-electron chi connectivity index (χ1n) is 7.00. The first-order chi connectivity index (χ1) is 10.0. The summed E-state index contributed by atoms with van der Waals surface area (Å²) in [5.74, 6) is -0.0236. The van der Waals surface area contributed by atoms with Crippen molar-refractivity contribution in [3.8, 4) is 0 Å². The Hall–Kier alpha value is -2.42. The molecule has 2 aromatic carbocycles. The van der Waals surface area contributed by atoms with E-state index in [0.717, 1.165) is 11.3 Å². The molecular weight excluding hydrogens is 262 g/mol. The molecule has 0 fully saturated rings. The van der Waals surface area contributed by atoms with Crippen LogP contribution in [0, 0.1) is 0 Å². The number of hydrogen-bond donors (Lipinski definition) is 0. The number of amides is 1. The molecule has 0 aliphatic carbocycles. The molecule has 0 aromatic heterocycles. The van der Waals surface area contributed by atoms with E-state index in [9.17, 15) is 9.59 Å². The Morgan fingerprint density at radius 3 is 2.38 bits per heavy atom. The van der Waals surface area contributed by atoms with Gasteiger partial charge in [-0.2, -0.15) is 0 Å². The third-order valence-electron chi connectivity index (χ3n) is 4.25. The first kappa shape index (κ1) is 13.6. The van der Waals surface area contributed by atoms with Gasteiger partial charge in [0.25, 0.3) is 0 Å². The van der Waals surface area contributed by atoms with E-state index in [1.165, 1.54) is 0 Å². The maximum Gasteiger partial charge on any atom is 0.237 e. The van der Waals surface area contributed by atoms with Gasteiger partial charge in [0, 0.05) is 24.7 Å². The average Bonchev–Trinajstić information content (AvgIpc) is 2.71. The lowest BCUT2D eigenvalue weighted by Gasteiger charge is -2.22. The van der Waals surface area contributed by atoms with Crippen molar-refractivity contribution in [2.75, 3.05) is 11.9 Å². The van der Waals surface area contributed by atoms with Crippen molar-refractivity contribution in [1.82, 2.24) is 0 Å². The van der Waals surface area contributed by atoms with E-state index in [4.69, 9.17) is 0 Å². The summed E-state index contributed by atoms with van der Waals surface area (Å²) in [5.41, 5.74) is 1.70. The summed E-state index contributed by atoms with van der Waals surface area (Å²) in [4.78, 5) is 26.8. The normalized spacial score (nSPS) is 20.5. The highest BCUT2D eigenvalue weighted by Gasteiger charge is 2.46. The van der Waals surface area contributed by atoms with E-state index in [1.807, 2.05) is 49.4 Å².